The number of nitrogens with zero attached hydrogens (tertiary/aromatic N) is 2. The molecule has 2 aliphatic rings. The van der Waals surface area contributed by atoms with E-state index in [9.17, 15) is 8.42 Å². The summed E-state index contributed by atoms with van der Waals surface area (Å²) >= 11 is 0. The van der Waals surface area contributed by atoms with E-state index in [1.807, 2.05) is 41.7 Å². The van der Waals surface area contributed by atoms with E-state index in [0.29, 0.717) is 19.4 Å². The van der Waals surface area contributed by atoms with Gasteiger partial charge in [0.15, 0.2) is 0 Å². The topological polar surface area (TPSA) is 59.1 Å². The van der Waals surface area contributed by atoms with E-state index in [2.05, 4.69) is 4.90 Å². The molecule has 0 N–H and O–H groups in total. The van der Waals surface area contributed by atoms with Crippen LogP contribution in [0.25, 0.3) is 0 Å². The van der Waals surface area contributed by atoms with Crippen LogP contribution >= 0.6 is 0 Å². The second-order valence-electron chi connectivity index (χ2n) is 7.92. The Morgan fingerprint density at radius 2 is 1.58 bits per heavy atom. The van der Waals surface area contributed by atoms with Crippen molar-refractivity contribution in [2.24, 2.45) is 0 Å². The molecule has 6 nitrogen and oxygen atoms in total. The number of hydrogen-bond acceptors (Lipinski definition) is 5. The third-order valence-electron chi connectivity index (χ3n) is 5.29. The summed E-state index contributed by atoms with van der Waals surface area (Å²) in [7, 11) is -1.54. The highest BCUT2D eigenvalue weighted by Gasteiger charge is 2.50. The average Bonchev–Trinajstić information content (AvgIpc) is 2.64. The highest BCUT2D eigenvalue weighted by molar-refractivity contribution is 7.89. The van der Waals surface area contributed by atoms with Gasteiger partial charge in [0.05, 0.1) is 17.0 Å². The lowest BCUT2D eigenvalue weighted by Gasteiger charge is -2.32. The van der Waals surface area contributed by atoms with E-state index in [1.165, 1.54) is 0 Å². The van der Waals surface area contributed by atoms with Crippen molar-refractivity contribution in [3.05, 3.63) is 11.6 Å². The van der Waals surface area contributed by atoms with Gasteiger partial charge in [-0.2, -0.15) is 4.31 Å². The Hall–Kier alpha value is -0.405. The Morgan fingerprint density at radius 3 is 2.08 bits per heavy atom. The molecule has 2 aliphatic heterocycles. The number of piperazine rings is 1. The zero-order valence-electron chi connectivity index (χ0n) is 15.8. The fourth-order valence-electron chi connectivity index (χ4n) is 2.81. The third-order valence-corrected chi connectivity index (χ3v) is 7.03. The molecule has 0 saturated carbocycles. The molecule has 0 amide bonds. The van der Waals surface area contributed by atoms with E-state index in [-0.39, 0.29) is 24.1 Å². The van der Waals surface area contributed by atoms with Crippen molar-refractivity contribution >= 4 is 17.1 Å². The molecule has 0 atom stereocenters. The standard InChI is InChI=1S/C16H31BN2O4S/c1-14(13-17-22-15(2,3)16(4,5)23-17)7-12-24(20,21)19-10-8-18(6)9-11-19/h7H,8-13H2,1-6H3. The quantitative estimate of drug-likeness (QED) is 0.552. The molecular weight excluding hydrogens is 327 g/mol. The fourth-order valence-corrected chi connectivity index (χ4v) is 4.24. The maximum atomic E-state index is 12.4. The van der Waals surface area contributed by atoms with Crippen LogP contribution in [0.2, 0.25) is 6.32 Å². The van der Waals surface area contributed by atoms with Crippen LogP contribution < -0.4 is 0 Å². The molecule has 0 aromatic carbocycles. The summed E-state index contributed by atoms with van der Waals surface area (Å²) in [5.74, 6) is 0.0437. The maximum absolute atomic E-state index is 12.4. The van der Waals surface area contributed by atoms with Crippen molar-refractivity contribution in [1.82, 2.24) is 9.21 Å². The van der Waals surface area contributed by atoms with E-state index in [0.717, 1.165) is 18.7 Å². The molecular formula is C16H31BN2O4S. The minimum absolute atomic E-state index is 0.0437. The molecule has 0 radical (unpaired) electrons. The Labute approximate surface area is 147 Å². The van der Waals surface area contributed by atoms with Gasteiger partial charge in [0.25, 0.3) is 0 Å². The van der Waals surface area contributed by atoms with Gasteiger partial charge < -0.3 is 14.2 Å². The molecule has 138 valence electrons. The van der Waals surface area contributed by atoms with Gasteiger partial charge in [0.1, 0.15) is 0 Å². The Morgan fingerprint density at radius 1 is 1.08 bits per heavy atom. The van der Waals surface area contributed by atoms with Crippen LogP contribution in [-0.4, -0.2) is 74.9 Å². The molecule has 0 aromatic heterocycles. The van der Waals surface area contributed by atoms with Crippen LogP contribution in [0.4, 0.5) is 0 Å². The van der Waals surface area contributed by atoms with Crippen LogP contribution in [0.3, 0.4) is 0 Å². The lowest BCUT2D eigenvalue weighted by Crippen LogP contribution is -2.47. The van der Waals surface area contributed by atoms with Crippen molar-refractivity contribution in [2.45, 2.75) is 52.1 Å². The number of sulfonamides is 1. The molecule has 2 heterocycles. The zero-order chi connectivity index (χ0) is 18.2. The molecule has 0 bridgehead atoms. The van der Waals surface area contributed by atoms with E-state index in [1.54, 1.807) is 10.4 Å². The summed E-state index contributed by atoms with van der Waals surface area (Å²) in [6.07, 6.45) is 2.38. The van der Waals surface area contributed by atoms with Crippen molar-refractivity contribution in [3.63, 3.8) is 0 Å². The summed E-state index contributed by atoms with van der Waals surface area (Å²) in [6.45, 7) is 12.7. The van der Waals surface area contributed by atoms with Gasteiger partial charge in [-0.15, -0.1) is 0 Å². The molecule has 0 unspecified atom stereocenters. The number of rotatable bonds is 5. The molecule has 2 saturated heterocycles. The van der Waals surface area contributed by atoms with Crippen LogP contribution in [0.5, 0.6) is 0 Å². The predicted octanol–water partition coefficient (Wildman–Crippen LogP) is 1.60. The van der Waals surface area contributed by atoms with Crippen molar-refractivity contribution < 1.29 is 17.7 Å². The summed E-state index contributed by atoms with van der Waals surface area (Å²) in [6, 6.07) is 0. The fraction of sp³-hybridized carbons (Fsp3) is 0.875. The van der Waals surface area contributed by atoms with Crippen molar-refractivity contribution in [2.75, 3.05) is 39.0 Å². The second-order valence-corrected chi connectivity index (χ2v) is 9.93. The average molecular weight is 358 g/mol. The Bertz CT molecular complexity index is 565. The molecule has 0 aromatic rings. The van der Waals surface area contributed by atoms with Gasteiger partial charge >= 0.3 is 7.12 Å². The monoisotopic (exact) mass is 358 g/mol. The number of allylic oxidation sites excluding steroid dienone is 1. The van der Waals surface area contributed by atoms with Gasteiger partial charge in [-0.05, 0) is 41.7 Å². The van der Waals surface area contributed by atoms with Gasteiger partial charge in [-0.1, -0.05) is 11.6 Å². The molecule has 0 spiro atoms. The van der Waals surface area contributed by atoms with E-state index < -0.39 is 10.0 Å². The summed E-state index contributed by atoms with van der Waals surface area (Å²) < 4.78 is 38.4. The van der Waals surface area contributed by atoms with Crippen LogP contribution in [0, 0.1) is 0 Å². The largest absolute Gasteiger partial charge is 0.462 e. The lowest BCUT2D eigenvalue weighted by molar-refractivity contribution is 0.00578. The first-order chi connectivity index (χ1) is 10.9. The zero-order valence-corrected chi connectivity index (χ0v) is 16.6. The molecule has 24 heavy (non-hydrogen) atoms. The summed E-state index contributed by atoms with van der Waals surface area (Å²) in [5.41, 5.74) is 0.263. The second kappa shape index (κ2) is 7.07. The van der Waals surface area contributed by atoms with Crippen LogP contribution in [-0.2, 0) is 19.3 Å². The Balaban J connectivity index is 1.90. The summed E-state index contributed by atoms with van der Waals surface area (Å²) in [4.78, 5) is 2.14. The highest BCUT2D eigenvalue weighted by atomic mass is 32.2. The lowest BCUT2D eigenvalue weighted by atomic mass is 9.81. The molecule has 2 fully saturated rings. The minimum Gasteiger partial charge on any atom is -0.403 e. The minimum atomic E-state index is -3.23. The first-order valence-electron chi connectivity index (χ1n) is 8.61. The van der Waals surface area contributed by atoms with Crippen LogP contribution in [0.15, 0.2) is 11.6 Å². The Kier molecular flexibility index (Phi) is 5.87. The smallest absolute Gasteiger partial charge is 0.403 e. The molecule has 0 aliphatic carbocycles. The van der Waals surface area contributed by atoms with Crippen molar-refractivity contribution in [3.8, 4) is 0 Å². The highest BCUT2D eigenvalue weighted by Crippen LogP contribution is 2.38. The molecule has 2 rings (SSSR count). The van der Waals surface area contributed by atoms with Gasteiger partial charge in [0.2, 0.25) is 10.0 Å². The van der Waals surface area contributed by atoms with Crippen molar-refractivity contribution in [1.29, 1.82) is 0 Å². The van der Waals surface area contributed by atoms with Crippen LogP contribution in [0.1, 0.15) is 34.6 Å². The maximum Gasteiger partial charge on any atom is 0.462 e. The van der Waals surface area contributed by atoms with Gasteiger partial charge in [-0.25, -0.2) is 8.42 Å². The number of likely N-dealkylation sites (N-methyl/N-ethyl adjacent to an activating group) is 1. The van der Waals surface area contributed by atoms with Gasteiger partial charge in [-0.3, -0.25) is 0 Å². The first-order valence-corrected chi connectivity index (χ1v) is 10.2. The SMILES string of the molecule is CC(=CCS(=O)(=O)N1CCN(C)CC1)CB1OC(C)(C)C(C)(C)O1. The molecule has 8 heteroatoms. The van der Waals surface area contributed by atoms with Gasteiger partial charge in [0, 0.05) is 32.5 Å². The normalized spacial score (nSPS) is 26.1. The first kappa shape index (κ1) is 19.9. The third kappa shape index (κ3) is 4.61. The van der Waals surface area contributed by atoms with E-state index >= 15 is 0 Å². The summed E-state index contributed by atoms with van der Waals surface area (Å²) in [5, 5.41) is 0. The van der Waals surface area contributed by atoms with E-state index in [4.69, 9.17) is 9.31 Å². The predicted molar refractivity (Wildman–Crippen MR) is 97.5 cm³/mol. The number of hydrogen-bond donors (Lipinski definition) is 0.